The number of benzene rings is 2. The van der Waals surface area contributed by atoms with E-state index < -0.39 is 0 Å². The molecule has 0 atom stereocenters. The highest BCUT2D eigenvalue weighted by Gasteiger charge is 2.08. The summed E-state index contributed by atoms with van der Waals surface area (Å²) < 4.78 is 11.4. The van der Waals surface area contributed by atoms with Gasteiger partial charge in [-0.3, -0.25) is 9.59 Å². The largest absolute Gasteiger partial charge is 0.483 e. The molecule has 0 spiro atoms. The van der Waals surface area contributed by atoms with Crippen molar-refractivity contribution >= 4 is 33.4 Å². The second-order valence-corrected chi connectivity index (χ2v) is 6.49. The summed E-state index contributed by atoms with van der Waals surface area (Å²) in [6, 6.07) is 12.2. The Balaban J connectivity index is 1.84. The fourth-order valence-electron chi connectivity index (χ4n) is 2.19. The Morgan fingerprint density at radius 3 is 2.50 bits per heavy atom. The number of carbonyl (C=O) groups is 2. The Labute approximate surface area is 161 Å². The van der Waals surface area contributed by atoms with Crippen LogP contribution in [0, 0.1) is 6.92 Å². The van der Waals surface area contributed by atoms with E-state index in [0.717, 1.165) is 10.0 Å². The lowest BCUT2D eigenvalue weighted by molar-refractivity contribution is -0.118. The topological polar surface area (TPSA) is 76.7 Å². The maximum absolute atomic E-state index is 12.0. The SMILES string of the molecule is COCCNC(=O)c1ccc(NC(=O)COc2ccc(Br)cc2C)cc1. The summed E-state index contributed by atoms with van der Waals surface area (Å²) in [5.74, 6) is 0.199. The molecular weight excluding hydrogens is 400 g/mol. The van der Waals surface area contributed by atoms with Gasteiger partial charge < -0.3 is 20.1 Å². The molecule has 2 aromatic rings. The van der Waals surface area contributed by atoms with Crippen molar-refractivity contribution in [3.63, 3.8) is 0 Å². The summed E-state index contributed by atoms with van der Waals surface area (Å²) in [6.07, 6.45) is 0. The van der Waals surface area contributed by atoms with Crippen LogP contribution in [0.3, 0.4) is 0 Å². The van der Waals surface area contributed by atoms with Crippen LogP contribution < -0.4 is 15.4 Å². The molecule has 2 aromatic carbocycles. The van der Waals surface area contributed by atoms with Gasteiger partial charge in [0.05, 0.1) is 6.61 Å². The second-order valence-electron chi connectivity index (χ2n) is 5.57. The number of hydrogen-bond acceptors (Lipinski definition) is 4. The van der Waals surface area contributed by atoms with Gasteiger partial charge >= 0.3 is 0 Å². The van der Waals surface area contributed by atoms with Crippen molar-refractivity contribution in [2.45, 2.75) is 6.92 Å². The van der Waals surface area contributed by atoms with Crippen LogP contribution in [0.2, 0.25) is 0 Å². The molecule has 0 unspecified atom stereocenters. The van der Waals surface area contributed by atoms with E-state index in [1.165, 1.54) is 0 Å². The lowest BCUT2D eigenvalue weighted by Crippen LogP contribution is -2.26. The van der Waals surface area contributed by atoms with Gasteiger partial charge in [0.15, 0.2) is 6.61 Å². The predicted molar refractivity (Wildman–Crippen MR) is 104 cm³/mol. The predicted octanol–water partition coefficient (Wildman–Crippen LogP) is 3.15. The molecule has 0 saturated carbocycles. The molecule has 0 aliphatic rings. The van der Waals surface area contributed by atoms with E-state index in [4.69, 9.17) is 9.47 Å². The maximum atomic E-state index is 12.0. The van der Waals surface area contributed by atoms with Crippen molar-refractivity contribution in [1.29, 1.82) is 0 Å². The maximum Gasteiger partial charge on any atom is 0.262 e. The molecule has 26 heavy (non-hydrogen) atoms. The number of aryl methyl sites for hydroxylation is 1. The molecule has 0 saturated heterocycles. The van der Waals surface area contributed by atoms with Gasteiger partial charge in [0.1, 0.15) is 5.75 Å². The first-order valence-corrected chi connectivity index (χ1v) is 8.85. The molecule has 0 fully saturated rings. The van der Waals surface area contributed by atoms with Gasteiger partial charge in [0, 0.05) is 29.4 Å². The minimum absolute atomic E-state index is 0.0955. The first-order chi connectivity index (χ1) is 12.5. The van der Waals surface area contributed by atoms with Gasteiger partial charge in [0.2, 0.25) is 0 Å². The number of rotatable bonds is 8. The van der Waals surface area contributed by atoms with Crippen LogP contribution >= 0.6 is 15.9 Å². The zero-order chi connectivity index (χ0) is 18.9. The van der Waals surface area contributed by atoms with Crippen molar-refractivity contribution in [3.8, 4) is 5.75 Å². The third-order valence-corrected chi connectivity index (χ3v) is 4.01. The molecule has 0 radical (unpaired) electrons. The molecule has 0 aromatic heterocycles. The number of anilines is 1. The molecule has 138 valence electrons. The minimum Gasteiger partial charge on any atom is -0.483 e. The van der Waals surface area contributed by atoms with Crippen molar-refractivity contribution in [2.75, 3.05) is 32.2 Å². The van der Waals surface area contributed by atoms with Gasteiger partial charge in [-0.2, -0.15) is 0 Å². The van der Waals surface area contributed by atoms with Crippen molar-refractivity contribution in [1.82, 2.24) is 5.32 Å². The number of amides is 2. The van der Waals surface area contributed by atoms with Gasteiger partial charge in [-0.05, 0) is 55.0 Å². The molecule has 0 heterocycles. The molecule has 0 bridgehead atoms. The lowest BCUT2D eigenvalue weighted by atomic mass is 10.2. The highest BCUT2D eigenvalue weighted by molar-refractivity contribution is 9.10. The van der Waals surface area contributed by atoms with Crippen LogP contribution in [-0.2, 0) is 9.53 Å². The standard InChI is InChI=1S/C19H21BrN2O4/c1-13-11-15(20)5-8-17(13)26-12-18(23)22-16-6-3-14(4-7-16)19(24)21-9-10-25-2/h3-8,11H,9-10,12H2,1-2H3,(H,21,24)(H,22,23). The zero-order valence-corrected chi connectivity index (χ0v) is 16.3. The Morgan fingerprint density at radius 1 is 1.12 bits per heavy atom. The highest BCUT2D eigenvalue weighted by Crippen LogP contribution is 2.22. The van der Waals surface area contributed by atoms with Crippen molar-refractivity contribution < 1.29 is 19.1 Å². The normalized spacial score (nSPS) is 10.3. The summed E-state index contributed by atoms with van der Waals surface area (Å²) in [5, 5.41) is 5.47. The molecule has 0 aliphatic carbocycles. The van der Waals surface area contributed by atoms with E-state index >= 15 is 0 Å². The first kappa shape index (κ1) is 19.9. The molecule has 0 aliphatic heterocycles. The fraction of sp³-hybridized carbons (Fsp3) is 0.263. The van der Waals surface area contributed by atoms with E-state index in [-0.39, 0.29) is 18.4 Å². The van der Waals surface area contributed by atoms with Gasteiger partial charge in [-0.15, -0.1) is 0 Å². The summed E-state index contributed by atoms with van der Waals surface area (Å²) in [6.45, 7) is 2.72. The third-order valence-electron chi connectivity index (χ3n) is 3.52. The van der Waals surface area contributed by atoms with Crippen LogP contribution in [0.5, 0.6) is 5.75 Å². The number of halogens is 1. The molecule has 2 amide bonds. The summed E-state index contributed by atoms with van der Waals surface area (Å²) >= 11 is 3.38. The summed E-state index contributed by atoms with van der Waals surface area (Å²) in [7, 11) is 1.57. The van der Waals surface area contributed by atoms with E-state index in [1.807, 2.05) is 25.1 Å². The number of hydrogen-bond donors (Lipinski definition) is 2. The number of ether oxygens (including phenoxy) is 2. The van der Waals surface area contributed by atoms with Gasteiger partial charge in [-0.1, -0.05) is 15.9 Å². The second kappa shape index (κ2) is 9.94. The Morgan fingerprint density at radius 2 is 1.85 bits per heavy atom. The smallest absolute Gasteiger partial charge is 0.262 e. The zero-order valence-electron chi connectivity index (χ0n) is 14.7. The highest BCUT2D eigenvalue weighted by atomic mass is 79.9. The average Bonchev–Trinajstić information content (AvgIpc) is 2.61. The number of carbonyl (C=O) groups excluding carboxylic acids is 2. The van der Waals surface area contributed by atoms with Crippen LogP contribution in [0.15, 0.2) is 46.9 Å². The molecule has 2 rings (SSSR count). The summed E-state index contributed by atoms with van der Waals surface area (Å²) in [5.41, 5.74) is 2.05. The Bertz CT molecular complexity index is 763. The molecular formula is C19H21BrN2O4. The van der Waals surface area contributed by atoms with Gasteiger partial charge in [-0.25, -0.2) is 0 Å². The minimum atomic E-state index is -0.274. The van der Waals surface area contributed by atoms with Crippen molar-refractivity contribution in [2.24, 2.45) is 0 Å². The van der Waals surface area contributed by atoms with E-state index in [1.54, 1.807) is 31.4 Å². The Kier molecular flexibility index (Phi) is 7.62. The van der Waals surface area contributed by atoms with E-state index in [0.29, 0.717) is 30.2 Å². The number of nitrogens with one attached hydrogen (secondary N) is 2. The average molecular weight is 421 g/mol. The van der Waals surface area contributed by atoms with Crippen LogP contribution in [0.1, 0.15) is 15.9 Å². The number of methoxy groups -OCH3 is 1. The third kappa shape index (κ3) is 6.16. The first-order valence-electron chi connectivity index (χ1n) is 8.05. The van der Waals surface area contributed by atoms with Gasteiger partial charge in [0.25, 0.3) is 11.8 Å². The van der Waals surface area contributed by atoms with Crippen molar-refractivity contribution in [3.05, 3.63) is 58.1 Å². The quantitative estimate of drug-likeness (QED) is 0.643. The van der Waals surface area contributed by atoms with Crippen LogP contribution in [0.25, 0.3) is 0 Å². The van der Waals surface area contributed by atoms with Crippen LogP contribution in [0.4, 0.5) is 5.69 Å². The van der Waals surface area contributed by atoms with Crippen LogP contribution in [-0.4, -0.2) is 38.7 Å². The van der Waals surface area contributed by atoms with E-state index in [2.05, 4.69) is 26.6 Å². The lowest BCUT2D eigenvalue weighted by Gasteiger charge is -2.10. The monoisotopic (exact) mass is 420 g/mol. The molecule has 2 N–H and O–H groups in total. The Hall–Kier alpha value is -2.38. The van der Waals surface area contributed by atoms with E-state index in [9.17, 15) is 9.59 Å². The fourth-order valence-corrected chi connectivity index (χ4v) is 2.66. The molecule has 7 heteroatoms. The summed E-state index contributed by atoms with van der Waals surface area (Å²) in [4.78, 5) is 23.9. The molecule has 6 nitrogen and oxygen atoms in total.